The highest BCUT2D eigenvalue weighted by Gasteiger charge is 2.08. The van der Waals surface area contributed by atoms with Crippen LogP contribution in [0.5, 0.6) is 11.5 Å². The van der Waals surface area contributed by atoms with Crippen LogP contribution in [0, 0.1) is 0 Å². The molecule has 0 aliphatic heterocycles. The van der Waals surface area contributed by atoms with Gasteiger partial charge in [0, 0.05) is 22.3 Å². The molecule has 0 amide bonds. The second-order valence-electron chi connectivity index (χ2n) is 8.55. The molecule has 0 aliphatic carbocycles. The van der Waals surface area contributed by atoms with Crippen molar-refractivity contribution in [1.29, 1.82) is 0 Å². The van der Waals surface area contributed by atoms with Gasteiger partial charge >= 0.3 is 0 Å². The van der Waals surface area contributed by atoms with Crippen molar-refractivity contribution in [2.75, 3.05) is 0 Å². The molecule has 0 saturated carbocycles. The van der Waals surface area contributed by atoms with Crippen LogP contribution in [0.3, 0.4) is 0 Å². The Morgan fingerprint density at radius 3 is 1.27 bits per heavy atom. The van der Waals surface area contributed by atoms with Gasteiger partial charge in [0.25, 0.3) is 0 Å². The number of aromatic nitrogens is 4. The predicted octanol–water partition coefficient (Wildman–Crippen LogP) is 7.73. The molecule has 6 aromatic rings. The van der Waals surface area contributed by atoms with Crippen LogP contribution in [0.2, 0.25) is 0 Å². The Bertz CT molecular complexity index is 1530. The Labute approximate surface area is 215 Å². The summed E-state index contributed by atoms with van der Waals surface area (Å²) in [6, 6.07) is 40.1. The van der Waals surface area contributed by atoms with E-state index in [0.29, 0.717) is 11.5 Å². The van der Waals surface area contributed by atoms with Crippen molar-refractivity contribution in [1.82, 2.24) is 20.4 Å². The lowest BCUT2D eigenvalue weighted by Crippen LogP contribution is -1.92. The van der Waals surface area contributed by atoms with Crippen molar-refractivity contribution in [3.05, 3.63) is 134 Å². The first-order chi connectivity index (χ1) is 18.3. The largest absolute Gasteiger partial charge is 0.457 e. The third-order valence-electron chi connectivity index (χ3n) is 6.02. The van der Waals surface area contributed by atoms with E-state index < -0.39 is 0 Å². The molecule has 5 heteroatoms. The maximum atomic E-state index is 6.24. The first-order valence-corrected chi connectivity index (χ1v) is 12.0. The summed E-state index contributed by atoms with van der Waals surface area (Å²) < 4.78 is 6.24. The maximum Gasteiger partial charge on any atom is 0.128 e. The number of hydrogen-bond donors (Lipinski definition) is 0. The lowest BCUT2D eigenvalue weighted by Gasteiger charge is -2.10. The molecule has 37 heavy (non-hydrogen) atoms. The summed E-state index contributed by atoms with van der Waals surface area (Å²) in [6.45, 7) is 0. The van der Waals surface area contributed by atoms with Gasteiger partial charge in [0.1, 0.15) is 11.5 Å². The summed E-state index contributed by atoms with van der Waals surface area (Å²) >= 11 is 0. The normalized spacial score (nSPS) is 10.7. The van der Waals surface area contributed by atoms with Gasteiger partial charge in [-0.05, 0) is 47.5 Å². The highest BCUT2D eigenvalue weighted by atomic mass is 16.5. The Morgan fingerprint density at radius 1 is 0.378 bits per heavy atom. The Balaban J connectivity index is 1.26. The molecule has 0 unspecified atom stereocenters. The SMILES string of the molecule is c1ccc(-c2cnnc(-c3cccc(Oc4cccc(-c5cc(-c6ccccc6)cnn5)c4)c3)c2)cc1. The van der Waals surface area contributed by atoms with Crippen LogP contribution in [0.25, 0.3) is 44.8 Å². The molecule has 0 spiro atoms. The van der Waals surface area contributed by atoms with E-state index in [1.54, 1.807) is 12.4 Å². The standard InChI is InChI=1S/C32H22N4O/c1-3-9-23(10-4-1)27-19-31(35-33-21-27)25-13-7-15-29(17-25)37-30-16-8-14-26(18-30)32-20-28(22-34-36-32)24-11-5-2-6-12-24/h1-22H. The average Bonchev–Trinajstić information content (AvgIpc) is 2.98. The van der Waals surface area contributed by atoms with E-state index in [2.05, 4.69) is 44.7 Å². The summed E-state index contributed by atoms with van der Waals surface area (Å²) in [4.78, 5) is 0. The highest BCUT2D eigenvalue weighted by Crippen LogP contribution is 2.31. The second kappa shape index (κ2) is 10.2. The highest BCUT2D eigenvalue weighted by molar-refractivity contribution is 5.71. The van der Waals surface area contributed by atoms with Gasteiger partial charge in [0.15, 0.2) is 0 Å². The van der Waals surface area contributed by atoms with Crippen LogP contribution in [-0.4, -0.2) is 20.4 Å². The molecule has 0 saturated heterocycles. The van der Waals surface area contributed by atoms with Crippen LogP contribution in [0.4, 0.5) is 0 Å². The van der Waals surface area contributed by atoms with E-state index in [9.17, 15) is 0 Å². The minimum atomic E-state index is 0.714. The van der Waals surface area contributed by atoms with Gasteiger partial charge in [0.05, 0.1) is 23.8 Å². The van der Waals surface area contributed by atoms with Crippen molar-refractivity contribution in [3.8, 4) is 56.3 Å². The van der Waals surface area contributed by atoms with Crippen LogP contribution in [0.15, 0.2) is 134 Å². The molecule has 0 fully saturated rings. The second-order valence-corrected chi connectivity index (χ2v) is 8.55. The summed E-state index contributed by atoms with van der Waals surface area (Å²) in [5.41, 5.74) is 7.67. The number of hydrogen-bond acceptors (Lipinski definition) is 5. The molecule has 0 atom stereocenters. The predicted molar refractivity (Wildman–Crippen MR) is 146 cm³/mol. The zero-order valence-corrected chi connectivity index (χ0v) is 19.9. The van der Waals surface area contributed by atoms with Crippen LogP contribution >= 0.6 is 0 Å². The first-order valence-electron chi connectivity index (χ1n) is 12.0. The van der Waals surface area contributed by atoms with Crippen LogP contribution in [0.1, 0.15) is 0 Å². The number of ether oxygens (including phenoxy) is 1. The lowest BCUT2D eigenvalue weighted by atomic mass is 10.0. The summed E-state index contributed by atoms with van der Waals surface area (Å²) in [7, 11) is 0. The molecule has 2 heterocycles. The molecule has 6 rings (SSSR count). The summed E-state index contributed by atoms with van der Waals surface area (Å²) in [5.74, 6) is 1.43. The quantitative estimate of drug-likeness (QED) is 0.245. The fourth-order valence-corrected chi connectivity index (χ4v) is 4.17. The monoisotopic (exact) mass is 478 g/mol. The molecular weight excluding hydrogens is 456 g/mol. The van der Waals surface area contributed by atoms with Crippen LogP contribution in [-0.2, 0) is 0 Å². The summed E-state index contributed by atoms with van der Waals surface area (Å²) in [5, 5.41) is 17.1. The minimum absolute atomic E-state index is 0.714. The molecule has 4 aromatic carbocycles. The smallest absolute Gasteiger partial charge is 0.128 e. The van der Waals surface area contributed by atoms with E-state index in [1.165, 1.54) is 0 Å². The zero-order chi connectivity index (χ0) is 24.9. The minimum Gasteiger partial charge on any atom is -0.457 e. The topological polar surface area (TPSA) is 60.8 Å². The Hall–Kier alpha value is -5.16. The van der Waals surface area contributed by atoms with Gasteiger partial charge in [-0.2, -0.15) is 20.4 Å². The Morgan fingerprint density at radius 2 is 0.811 bits per heavy atom. The van der Waals surface area contributed by atoms with Crippen LogP contribution < -0.4 is 4.74 Å². The van der Waals surface area contributed by atoms with Crippen molar-refractivity contribution in [2.24, 2.45) is 0 Å². The van der Waals surface area contributed by atoms with Gasteiger partial charge in [-0.3, -0.25) is 0 Å². The van der Waals surface area contributed by atoms with Crippen molar-refractivity contribution < 1.29 is 4.74 Å². The Kier molecular flexibility index (Phi) is 6.16. The third-order valence-corrected chi connectivity index (χ3v) is 6.02. The van der Waals surface area contributed by atoms with Gasteiger partial charge in [-0.25, -0.2) is 0 Å². The number of rotatable bonds is 6. The van der Waals surface area contributed by atoms with Gasteiger partial charge in [-0.1, -0.05) is 84.9 Å². The summed E-state index contributed by atoms with van der Waals surface area (Å²) in [6.07, 6.45) is 3.56. The van der Waals surface area contributed by atoms with E-state index in [4.69, 9.17) is 4.74 Å². The number of benzene rings is 4. The molecular formula is C32H22N4O. The maximum absolute atomic E-state index is 6.24. The fourth-order valence-electron chi connectivity index (χ4n) is 4.17. The molecule has 0 aliphatic rings. The third kappa shape index (κ3) is 5.11. The van der Waals surface area contributed by atoms with E-state index in [0.717, 1.165) is 44.8 Å². The lowest BCUT2D eigenvalue weighted by molar-refractivity contribution is 0.483. The molecule has 2 aromatic heterocycles. The van der Waals surface area contributed by atoms with Crippen molar-refractivity contribution >= 4 is 0 Å². The van der Waals surface area contributed by atoms with Gasteiger partial charge in [-0.15, -0.1) is 0 Å². The molecule has 5 nitrogen and oxygen atoms in total. The molecule has 0 N–H and O–H groups in total. The average molecular weight is 479 g/mol. The zero-order valence-electron chi connectivity index (χ0n) is 19.9. The molecule has 176 valence electrons. The van der Waals surface area contributed by atoms with E-state index >= 15 is 0 Å². The van der Waals surface area contributed by atoms with Crippen molar-refractivity contribution in [3.63, 3.8) is 0 Å². The van der Waals surface area contributed by atoms with Crippen molar-refractivity contribution in [2.45, 2.75) is 0 Å². The molecule has 0 radical (unpaired) electrons. The van der Waals surface area contributed by atoms with Gasteiger partial charge < -0.3 is 4.74 Å². The molecule has 0 bridgehead atoms. The first kappa shape index (κ1) is 22.3. The fraction of sp³-hybridized carbons (Fsp3) is 0. The number of nitrogens with zero attached hydrogens (tertiary/aromatic N) is 4. The van der Waals surface area contributed by atoms with Gasteiger partial charge in [0.2, 0.25) is 0 Å². The van der Waals surface area contributed by atoms with E-state index in [-0.39, 0.29) is 0 Å². The van der Waals surface area contributed by atoms with E-state index in [1.807, 2.05) is 97.1 Å².